The molecule has 3 fully saturated rings. The number of aryl methyl sites for hydroxylation is 1. The predicted octanol–water partition coefficient (Wildman–Crippen LogP) is 5.74. The number of carboxylic acids is 1. The molecule has 2 atom stereocenters. The second-order valence-corrected chi connectivity index (χ2v) is 15.1. The van der Waals surface area contributed by atoms with Gasteiger partial charge in [0.1, 0.15) is 5.82 Å². The van der Waals surface area contributed by atoms with Crippen LogP contribution in [0.3, 0.4) is 0 Å². The predicted molar refractivity (Wildman–Crippen MR) is 203 cm³/mol. The summed E-state index contributed by atoms with van der Waals surface area (Å²) in [6.07, 6.45) is 4.30. The molecular weight excluding hydrogens is 713 g/mol. The summed E-state index contributed by atoms with van der Waals surface area (Å²) in [7, 11) is 1.84. The molecule has 3 aliphatic rings. The Hall–Kier alpha value is -4.78. The van der Waals surface area contributed by atoms with Crippen molar-refractivity contribution in [2.75, 3.05) is 38.1 Å². The number of benzene rings is 3. The summed E-state index contributed by atoms with van der Waals surface area (Å²) in [5, 5.41) is 13.0. The highest BCUT2D eigenvalue weighted by Gasteiger charge is 2.41. The van der Waals surface area contributed by atoms with Crippen molar-refractivity contribution in [2.24, 2.45) is 13.0 Å². The van der Waals surface area contributed by atoms with E-state index in [4.69, 9.17) is 16.3 Å². The largest absolute Gasteiger partial charge is 0.481 e. The van der Waals surface area contributed by atoms with Crippen LogP contribution < -0.4 is 5.32 Å². The summed E-state index contributed by atoms with van der Waals surface area (Å²) >= 11 is 6.58. The molecule has 3 heterocycles. The first-order valence-corrected chi connectivity index (χ1v) is 18.9. The summed E-state index contributed by atoms with van der Waals surface area (Å²) < 4.78 is 23.8. The monoisotopic (exact) mass is 757 g/mol. The molecule has 0 spiro atoms. The maximum absolute atomic E-state index is 15.7. The van der Waals surface area contributed by atoms with E-state index in [9.17, 15) is 24.3 Å². The number of anilines is 1. The number of aromatic nitrogens is 1. The van der Waals surface area contributed by atoms with Crippen molar-refractivity contribution in [2.45, 2.75) is 63.3 Å². The number of fused-ring (bicyclic) bond motifs is 1. The lowest BCUT2D eigenvalue weighted by Crippen LogP contribution is -2.53. The maximum atomic E-state index is 15.7. The van der Waals surface area contributed by atoms with Crippen molar-refractivity contribution in [3.05, 3.63) is 100 Å². The number of hydrogen-bond acceptors (Lipinski definition) is 6. The number of aliphatic carboxylic acids is 1. The van der Waals surface area contributed by atoms with Crippen LogP contribution in [0.4, 0.5) is 10.1 Å². The van der Waals surface area contributed by atoms with Gasteiger partial charge in [-0.2, -0.15) is 0 Å². The van der Waals surface area contributed by atoms with Gasteiger partial charge in [-0.15, -0.1) is 0 Å². The molecule has 0 radical (unpaired) electrons. The van der Waals surface area contributed by atoms with E-state index in [0.29, 0.717) is 63.8 Å². The number of para-hydroxylation sites is 1. The number of piperazine rings is 1. The van der Waals surface area contributed by atoms with E-state index in [1.165, 1.54) is 6.07 Å². The van der Waals surface area contributed by atoms with E-state index in [-0.39, 0.29) is 71.8 Å². The van der Waals surface area contributed by atoms with Gasteiger partial charge < -0.3 is 29.5 Å². The molecule has 13 heteroatoms. The van der Waals surface area contributed by atoms with Crippen LogP contribution in [-0.4, -0.2) is 99.0 Å². The number of carbonyl (C=O) groups is 4. The molecular formula is C41H45ClFN5O6. The van der Waals surface area contributed by atoms with Gasteiger partial charge in [0.25, 0.3) is 5.91 Å². The molecule has 11 nitrogen and oxygen atoms in total. The van der Waals surface area contributed by atoms with E-state index < -0.39 is 17.7 Å². The molecule has 3 aromatic carbocycles. The summed E-state index contributed by atoms with van der Waals surface area (Å²) in [5.41, 5.74) is 2.58. The number of amides is 3. The van der Waals surface area contributed by atoms with E-state index in [0.717, 1.165) is 22.5 Å². The van der Waals surface area contributed by atoms with Crippen LogP contribution in [0.2, 0.25) is 5.02 Å². The van der Waals surface area contributed by atoms with Crippen LogP contribution in [0.25, 0.3) is 10.9 Å². The van der Waals surface area contributed by atoms with E-state index in [2.05, 4.69) is 10.2 Å². The Balaban J connectivity index is 1.03. The van der Waals surface area contributed by atoms with Gasteiger partial charge in [0.15, 0.2) is 0 Å². The fourth-order valence-electron chi connectivity index (χ4n) is 8.15. The highest BCUT2D eigenvalue weighted by Crippen LogP contribution is 2.32. The number of rotatable bonds is 11. The first-order valence-electron chi connectivity index (χ1n) is 18.6. The molecule has 284 valence electrons. The Morgan fingerprint density at radius 2 is 1.74 bits per heavy atom. The number of carbonyl (C=O) groups excluding carboxylic acids is 3. The molecule has 7 rings (SSSR count). The highest BCUT2D eigenvalue weighted by atomic mass is 35.5. The smallest absolute Gasteiger partial charge is 0.306 e. The van der Waals surface area contributed by atoms with Gasteiger partial charge in [-0.25, -0.2) is 4.39 Å². The van der Waals surface area contributed by atoms with Crippen molar-refractivity contribution in [3.63, 3.8) is 0 Å². The second kappa shape index (κ2) is 16.3. The van der Waals surface area contributed by atoms with E-state index in [1.54, 1.807) is 11.1 Å². The Kier molecular flexibility index (Phi) is 11.3. The average molecular weight is 758 g/mol. The molecule has 0 bridgehead atoms. The summed E-state index contributed by atoms with van der Waals surface area (Å²) in [6.45, 7) is 2.63. The molecule has 1 aromatic heterocycles. The van der Waals surface area contributed by atoms with Gasteiger partial charge >= 0.3 is 5.97 Å². The van der Waals surface area contributed by atoms with Crippen molar-refractivity contribution < 1.29 is 33.4 Å². The van der Waals surface area contributed by atoms with Gasteiger partial charge in [-0.1, -0.05) is 60.1 Å². The number of nitrogens with one attached hydrogen (secondary N) is 1. The summed E-state index contributed by atoms with van der Waals surface area (Å²) in [5.74, 6) is -2.51. The Labute approximate surface area is 318 Å². The maximum Gasteiger partial charge on any atom is 0.306 e. The van der Waals surface area contributed by atoms with Crippen molar-refractivity contribution in [1.82, 2.24) is 19.3 Å². The lowest BCUT2D eigenvalue weighted by molar-refractivity contribution is -0.144. The van der Waals surface area contributed by atoms with Gasteiger partial charge in [0, 0.05) is 56.4 Å². The van der Waals surface area contributed by atoms with Gasteiger partial charge in [0.2, 0.25) is 11.8 Å². The SMILES string of the molecule is Cn1cc(C(=O)Nc2cc(F)c(CC(=O)N3C[C@@H](N4CCN(Cc5ccccc5)C(=O)C4)C[C@H]3CO[C@H]3CC[C@H](C(=O)O)CC3)cc2Cl)c2ccccc21. The number of likely N-dealkylation sites (tertiary alicyclic amines) is 1. The minimum atomic E-state index is -0.783. The third-order valence-electron chi connectivity index (χ3n) is 11.2. The van der Waals surface area contributed by atoms with Crippen molar-refractivity contribution >= 4 is 51.9 Å². The topological polar surface area (TPSA) is 124 Å². The second-order valence-electron chi connectivity index (χ2n) is 14.7. The standard InChI is InChI=1S/C41H45ClFN5O6/c1-45-23-33(32-9-5-6-10-37(32)45)40(51)44-36-20-35(43)28(17-34(36)42)18-38(49)48-22-29(19-30(48)25-54-31-13-11-27(12-14-31)41(52)53)46-15-16-47(39(50)24-46)21-26-7-3-2-4-8-26/h2-10,17,20,23,27,29-31H,11-16,18-19,21-22,24-25H2,1H3,(H,44,51)(H,52,53)/t27-,29-,30-,31-/m0/s1. The van der Waals surface area contributed by atoms with Crippen LogP contribution in [0.1, 0.15) is 53.6 Å². The molecule has 1 saturated carbocycles. The molecule has 2 N–H and O–H groups in total. The lowest BCUT2D eigenvalue weighted by Gasteiger charge is -2.37. The number of hydrogen-bond donors (Lipinski definition) is 2. The van der Waals surface area contributed by atoms with Crippen LogP contribution in [0.5, 0.6) is 0 Å². The van der Waals surface area contributed by atoms with Crippen molar-refractivity contribution in [1.29, 1.82) is 0 Å². The third kappa shape index (κ3) is 8.30. The van der Waals surface area contributed by atoms with E-state index >= 15 is 4.39 Å². The molecule has 0 unspecified atom stereocenters. The molecule has 54 heavy (non-hydrogen) atoms. The molecule has 4 aromatic rings. The lowest BCUT2D eigenvalue weighted by atomic mass is 9.87. The van der Waals surface area contributed by atoms with Gasteiger partial charge in [-0.05, 0) is 61.4 Å². The normalized spacial score (nSPS) is 22.2. The fourth-order valence-corrected chi connectivity index (χ4v) is 8.38. The zero-order valence-electron chi connectivity index (χ0n) is 30.3. The van der Waals surface area contributed by atoms with Gasteiger partial charge in [0.05, 0.1) is 53.9 Å². The van der Waals surface area contributed by atoms with Crippen LogP contribution in [0, 0.1) is 11.7 Å². The number of halogens is 2. The molecule has 2 aliphatic heterocycles. The first-order chi connectivity index (χ1) is 26.0. The minimum Gasteiger partial charge on any atom is -0.481 e. The van der Waals surface area contributed by atoms with Gasteiger partial charge in [-0.3, -0.25) is 24.1 Å². The Bertz CT molecular complexity index is 2030. The first kappa shape index (κ1) is 37.5. The highest BCUT2D eigenvalue weighted by molar-refractivity contribution is 6.34. The fraction of sp³-hybridized carbons (Fsp3) is 0.415. The van der Waals surface area contributed by atoms with Crippen LogP contribution in [-0.2, 0) is 39.1 Å². The minimum absolute atomic E-state index is 0.0298. The van der Waals surface area contributed by atoms with E-state index in [1.807, 2.05) is 71.1 Å². The quantitative estimate of drug-likeness (QED) is 0.200. The summed E-state index contributed by atoms with van der Waals surface area (Å²) in [6, 6.07) is 19.5. The zero-order valence-corrected chi connectivity index (χ0v) is 31.0. The number of carboxylic acid groups (broad SMARTS) is 1. The van der Waals surface area contributed by atoms with Crippen LogP contribution in [0.15, 0.2) is 72.9 Å². The zero-order chi connectivity index (χ0) is 37.9. The molecule has 1 aliphatic carbocycles. The number of nitrogens with zero attached hydrogens (tertiary/aromatic N) is 4. The summed E-state index contributed by atoms with van der Waals surface area (Å²) in [4.78, 5) is 57.7. The third-order valence-corrected chi connectivity index (χ3v) is 11.5. The Morgan fingerprint density at radius 3 is 2.48 bits per heavy atom. The molecule has 2 saturated heterocycles. The average Bonchev–Trinajstić information content (AvgIpc) is 3.75. The van der Waals surface area contributed by atoms with Crippen LogP contribution >= 0.6 is 11.6 Å². The van der Waals surface area contributed by atoms with Crippen molar-refractivity contribution in [3.8, 4) is 0 Å². The molecule has 3 amide bonds. The number of ether oxygens (including phenoxy) is 1. The Morgan fingerprint density at radius 1 is 1.00 bits per heavy atom.